The van der Waals surface area contributed by atoms with Crippen LogP contribution in [0.5, 0.6) is 0 Å². The lowest BCUT2D eigenvalue weighted by Gasteiger charge is -2.08. The number of nitrogens with zero attached hydrogens (tertiary/aromatic N) is 2. The van der Waals surface area contributed by atoms with Crippen molar-refractivity contribution in [2.45, 2.75) is 23.8 Å². The number of hydrogen-bond acceptors (Lipinski definition) is 4. The van der Waals surface area contributed by atoms with Crippen molar-refractivity contribution >= 4 is 21.1 Å². The molecule has 1 aliphatic carbocycles. The van der Waals surface area contributed by atoms with Gasteiger partial charge in [0.2, 0.25) is 10.0 Å². The number of aromatic nitrogens is 2. The van der Waals surface area contributed by atoms with Crippen LogP contribution in [0.15, 0.2) is 47.6 Å². The van der Waals surface area contributed by atoms with Crippen LogP contribution >= 0.6 is 0 Å². The summed E-state index contributed by atoms with van der Waals surface area (Å²) in [5.41, 5.74) is 2.66. The van der Waals surface area contributed by atoms with E-state index in [2.05, 4.69) is 20.8 Å². The molecule has 0 bridgehead atoms. The second kappa shape index (κ2) is 5.44. The van der Waals surface area contributed by atoms with Gasteiger partial charge in [-0.1, -0.05) is 12.1 Å². The molecule has 24 heavy (non-hydrogen) atoms. The molecule has 2 heterocycles. The average Bonchev–Trinajstić information content (AvgIpc) is 3.30. The van der Waals surface area contributed by atoms with Crippen molar-refractivity contribution < 1.29 is 8.42 Å². The molecule has 0 amide bonds. The highest BCUT2D eigenvalue weighted by Crippen LogP contribution is 2.27. The highest BCUT2D eigenvalue weighted by Gasteiger charge is 2.28. The monoisotopic (exact) mass is 338 g/mol. The molecule has 0 unspecified atom stereocenters. The molecule has 2 N–H and O–H groups in total. The standard InChI is InChI=1S/C17H14N4O2S/c18-8-13-10-20-17-16(13)7-12(9-19-17)11-2-1-3-15(6-11)24(22,23)21-14-4-5-14/h1-3,6-7,9-10,14,21H,4-5H2,(H,19,20). The zero-order valence-corrected chi connectivity index (χ0v) is 13.5. The molecule has 3 aromatic rings. The number of fused-ring (bicyclic) bond motifs is 1. The minimum Gasteiger partial charge on any atom is -0.345 e. The molecule has 7 heteroatoms. The molecule has 1 aliphatic rings. The zero-order valence-electron chi connectivity index (χ0n) is 12.7. The topological polar surface area (TPSA) is 98.6 Å². The summed E-state index contributed by atoms with van der Waals surface area (Å²) in [7, 11) is -3.50. The third-order valence-electron chi connectivity index (χ3n) is 4.03. The van der Waals surface area contributed by atoms with Gasteiger partial charge in [0.25, 0.3) is 0 Å². The summed E-state index contributed by atoms with van der Waals surface area (Å²) in [6.07, 6.45) is 5.07. The van der Waals surface area contributed by atoms with Crippen LogP contribution in [0.1, 0.15) is 18.4 Å². The van der Waals surface area contributed by atoms with Crippen molar-refractivity contribution in [1.29, 1.82) is 5.26 Å². The van der Waals surface area contributed by atoms with Gasteiger partial charge in [0.15, 0.2) is 0 Å². The van der Waals surface area contributed by atoms with Crippen molar-refractivity contribution in [1.82, 2.24) is 14.7 Å². The highest BCUT2D eigenvalue weighted by atomic mass is 32.2. The van der Waals surface area contributed by atoms with Crippen LogP contribution in [0.2, 0.25) is 0 Å². The Labute approximate surface area is 139 Å². The SMILES string of the molecule is N#Cc1c[nH]c2ncc(-c3cccc(S(=O)(=O)NC4CC4)c3)cc12. The fraction of sp³-hybridized carbons (Fsp3) is 0.176. The first-order valence-electron chi connectivity index (χ1n) is 7.57. The number of nitrogens with one attached hydrogen (secondary N) is 2. The summed E-state index contributed by atoms with van der Waals surface area (Å²) in [6, 6.07) is 10.8. The van der Waals surface area contributed by atoms with Gasteiger partial charge in [-0.25, -0.2) is 18.1 Å². The Morgan fingerprint density at radius 3 is 2.83 bits per heavy atom. The van der Waals surface area contributed by atoms with Crippen LogP contribution in [-0.2, 0) is 10.0 Å². The summed E-state index contributed by atoms with van der Waals surface area (Å²) >= 11 is 0. The zero-order chi connectivity index (χ0) is 16.7. The quantitative estimate of drug-likeness (QED) is 0.763. The highest BCUT2D eigenvalue weighted by molar-refractivity contribution is 7.89. The van der Waals surface area contributed by atoms with E-state index < -0.39 is 10.0 Å². The summed E-state index contributed by atoms with van der Waals surface area (Å²) in [5.74, 6) is 0. The first kappa shape index (κ1) is 14.9. The van der Waals surface area contributed by atoms with Gasteiger partial charge in [-0.15, -0.1) is 0 Å². The fourth-order valence-electron chi connectivity index (χ4n) is 2.59. The molecule has 120 valence electrons. The molecular weight excluding hydrogens is 324 g/mol. The second-order valence-electron chi connectivity index (χ2n) is 5.86. The number of sulfonamides is 1. The fourth-order valence-corrected chi connectivity index (χ4v) is 3.94. The Balaban J connectivity index is 1.77. The van der Waals surface area contributed by atoms with E-state index in [1.807, 2.05) is 12.1 Å². The molecule has 1 fully saturated rings. The molecule has 2 aromatic heterocycles. The van der Waals surface area contributed by atoms with E-state index in [-0.39, 0.29) is 10.9 Å². The average molecular weight is 338 g/mol. The predicted octanol–water partition coefficient (Wildman–Crippen LogP) is 2.54. The molecule has 0 saturated heterocycles. The Hall–Kier alpha value is -2.69. The number of rotatable bonds is 4. The van der Waals surface area contributed by atoms with E-state index >= 15 is 0 Å². The van der Waals surface area contributed by atoms with Crippen molar-refractivity contribution in [3.05, 3.63) is 48.3 Å². The van der Waals surface area contributed by atoms with Gasteiger partial charge in [0, 0.05) is 29.4 Å². The molecule has 6 nitrogen and oxygen atoms in total. The Kier molecular flexibility index (Phi) is 3.37. The normalized spacial score (nSPS) is 14.6. The minimum atomic E-state index is -3.50. The van der Waals surface area contributed by atoms with Gasteiger partial charge in [-0.05, 0) is 36.6 Å². The van der Waals surface area contributed by atoms with Crippen LogP contribution in [-0.4, -0.2) is 24.4 Å². The van der Waals surface area contributed by atoms with Gasteiger partial charge >= 0.3 is 0 Å². The van der Waals surface area contributed by atoms with Crippen LogP contribution in [0.3, 0.4) is 0 Å². The number of aromatic amines is 1. The number of nitriles is 1. The van der Waals surface area contributed by atoms with Crippen molar-refractivity contribution in [3.8, 4) is 17.2 Å². The smallest absolute Gasteiger partial charge is 0.240 e. The van der Waals surface area contributed by atoms with E-state index in [0.29, 0.717) is 11.2 Å². The van der Waals surface area contributed by atoms with E-state index in [1.165, 1.54) is 0 Å². The first-order chi connectivity index (χ1) is 11.6. The Bertz CT molecular complexity index is 1080. The number of benzene rings is 1. The van der Waals surface area contributed by atoms with E-state index in [4.69, 9.17) is 5.26 Å². The first-order valence-corrected chi connectivity index (χ1v) is 9.05. The molecule has 0 radical (unpaired) electrons. The molecule has 1 saturated carbocycles. The van der Waals surface area contributed by atoms with E-state index in [0.717, 1.165) is 29.4 Å². The van der Waals surface area contributed by atoms with Gasteiger partial charge in [0.1, 0.15) is 11.7 Å². The summed E-state index contributed by atoms with van der Waals surface area (Å²) < 4.78 is 27.4. The van der Waals surface area contributed by atoms with Gasteiger partial charge in [0.05, 0.1) is 10.5 Å². The van der Waals surface area contributed by atoms with Crippen LogP contribution < -0.4 is 4.72 Å². The maximum Gasteiger partial charge on any atom is 0.240 e. The summed E-state index contributed by atoms with van der Waals surface area (Å²) in [4.78, 5) is 7.48. The number of H-pyrrole nitrogens is 1. The second-order valence-corrected chi connectivity index (χ2v) is 7.57. The molecule has 0 spiro atoms. The van der Waals surface area contributed by atoms with Gasteiger partial charge in [-0.2, -0.15) is 5.26 Å². The number of hydrogen-bond donors (Lipinski definition) is 2. The number of pyridine rings is 1. The lowest BCUT2D eigenvalue weighted by Crippen LogP contribution is -2.25. The van der Waals surface area contributed by atoms with Crippen molar-refractivity contribution in [2.75, 3.05) is 0 Å². The minimum absolute atomic E-state index is 0.0646. The molecule has 4 rings (SSSR count). The Morgan fingerprint density at radius 2 is 2.08 bits per heavy atom. The van der Waals surface area contributed by atoms with Crippen molar-refractivity contribution in [2.24, 2.45) is 0 Å². The third-order valence-corrected chi connectivity index (χ3v) is 5.55. The largest absolute Gasteiger partial charge is 0.345 e. The van der Waals surface area contributed by atoms with Crippen molar-refractivity contribution in [3.63, 3.8) is 0 Å². The van der Waals surface area contributed by atoms with E-state index in [9.17, 15) is 8.42 Å². The van der Waals surface area contributed by atoms with Crippen LogP contribution in [0.25, 0.3) is 22.2 Å². The summed E-state index contributed by atoms with van der Waals surface area (Å²) in [5, 5.41) is 9.86. The molecule has 1 aromatic carbocycles. The van der Waals surface area contributed by atoms with Crippen LogP contribution in [0.4, 0.5) is 0 Å². The molecular formula is C17H14N4O2S. The van der Waals surface area contributed by atoms with E-state index in [1.54, 1.807) is 30.6 Å². The Morgan fingerprint density at radius 1 is 1.25 bits per heavy atom. The lowest BCUT2D eigenvalue weighted by atomic mass is 10.1. The van der Waals surface area contributed by atoms with Gasteiger partial charge in [-0.3, -0.25) is 0 Å². The molecule has 0 atom stereocenters. The van der Waals surface area contributed by atoms with Gasteiger partial charge < -0.3 is 4.98 Å². The molecule has 0 aliphatic heterocycles. The summed E-state index contributed by atoms with van der Waals surface area (Å²) in [6.45, 7) is 0. The maximum absolute atomic E-state index is 12.4. The lowest BCUT2D eigenvalue weighted by molar-refractivity contribution is 0.581. The third kappa shape index (κ3) is 2.66. The predicted molar refractivity (Wildman–Crippen MR) is 89.6 cm³/mol. The van der Waals surface area contributed by atoms with Crippen LogP contribution in [0, 0.1) is 11.3 Å². The maximum atomic E-state index is 12.4.